The molecule has 8 heteroatoms. The highest BCUT2D eigenvalue weighted by Gasteiger charge is 2.12. The Hall–Kier alpha value is -3.58. The second-order valence-corrected chi connectivity index (χ2v) is 6.76. The molecule has 2 N–H and O–H groups in total. The molecule has 0 aliphatic rings. The summed E-state index contributed by atoms with van der Waals surface area (Å²) in [7, 11) is 1.53. The third kappa shape index (κ3) is 4.14. The molecule has 0 saturated heterocycles. The van der Waals surface area contributed by atoms with Gasteiger partial charge >= 0.3 is 6.03 Å². The molecule has 0 unspecified atom stereocenters. The quantitative estimate of drug-likeness (QED) is 0.498. The van der Waals surface area contributed by atoms with Crippen molar-refractivity contribution in [2.24, 2.45) is 0 Å². The molecule has 3 heterocycles. The maximum Gasteiger partial charge on any atom is 0.323 e. The van der Waals surface area contributed by atoms with Gasteiger partial charge in [-0.3, -0.25) is 4.98 Å². The Labute approximate surface area is 172 Å². The number of fused-ring (bicyclic) bond motifs is 1. The fourth-order valence-corrected chi connectivity index (χ4v) is 3.24. The van der Waals surface area contributed by atoms with Crippen molar-refractivity contribution in [2.75, 3.05) is 17.7 Å². The number of carbonyl (C=O) groups is 1. The fourth-order valence-electron chi connectivity index (χ4n) is 3.07. The van der Waals surface area contributed by atoms with Crippen molar-refractivity contribution in [3.8, 4) is 5.75 Å². The molecule has 2 amide bonds. The van der Waals surface area contributed by atoms with Crippen molar-refractivity contribution in [2.45, 2.75) is 6.54 Å². The van der Waals surface area contributed by atoms with Crippen LogP contribution in [0.25, 0.3) is 11.0 Å². The van der Waals surface area contributed by atoms with E-state index in [4.69, 9.17) is 16.3 Å². The van der Waals surface area contributed by atoms with E-state index in [1.807, 2.05) is 29.0 Å². The number of hydrogen-bond donors (Lipinski definition) is 2. The zero-order valence-corrected chi connectivity index (χ0v) is 16.3. The Morgan fingerprint density at radius 2 is 1.86 bits per heavy atom. The number of amides is 2. The van der Waals surface area contributed by atoms with Gasteiger partial charge in [0.05, 0.1) is 18.5 Å². The van der Waals surface area contributed by atoms with E-state index in [0.717, 1.165) is 16.6 Å². The van der Waals surface area contributed by atoms with Crippen molar-refractivity contribution in [3.05, 3.63) is 77.8 Å². The minimum atomic E-state index is -0.403. The third-order valence-electron chi connectivity index (χ3n) is 4.42. The van der Waals surface area contributed by atoms with Gasteiger partial charge < -0.3 is 19.9 Å². The molecule has 146 valence electrons. The summed E-state index contributed by atoms with van der Waals surface area (Å²) in [5.74, 6) is 0.521. The minimum absolute atomic E-state index is 0.403. The van der Waals surface area contributed by atoms with E-state index < -0.39 is 6.03 Å². The lowest BCUT2D eigenvalue weighted by Crippen LogP contribution is -2.20. The summed E-state index contributed by atoms with van der Waals surface area (Å²) in [5, 5.41) is 6.98. The first-order valence-electron chi connectivity index (χ1n) is 8.88. The van der Waals surface area contributed by atoms with Crippen molar-refractivity contribution in [1.82, 2.24) is 14.5 Å². The molecule has 0 aliphatic carbocycles. The normalized spacial score (nSPS) is 10.7. The Morgan fingerprint density at radius 1 is 1.07 bits per heavy atom. The Morgan fingerprint density at radius 3 is 2.66 bits per heavy atom. The molecule has 1 aromatic carbocycles. The molecule has 4 aromatic rings. The molecule has 0 spiro atoms. The molecule has 0 fully saturated rings. The average molecular weight is 408 g/mol. The van der Waals surface area contributed by atoms with E-state index in [-0.39, 0.29) is 0 Å². The second-order valence-electron chi connectivity index (χ2n) is 6.32. The monoisotopic (exact) mass is 407 g/mol. The lowest BCUT2D eigenvalue weighted by Gasteiger charge is -2.12. The minimum Gasteiger partial charge on any atom is -0.495 e. The number of ether oxygens (including phenoxy) is 1. The van der Waals surface area contributed by atoms with Crippen LogP contribution in [0.15, 0.2) is 67.3 Å². The molecular weight excluding hydrogens is 390 g/mol. The van der Waals surface area contributed by atoms with E-state index in [0.29, 0.717) is 28.7 Å². The van der Waals surface area contributed by atoms with Crippen LogP contribution < -0.4 is 15.4 Å². The summed E-state index contributed by atoms with van der Waals surface area (Å²) in [6.07, 6.45) is 7.13. The van der Waals surface area contributed by atoms with Gasteiger partial charge in [-0.15, -0.1) is 0 Å². The van der Waals surface area contributed by atoms with Crippen LogP contribution >= 0.6 is 11.6 Å². The number of rotatable bonds is 5. The molecule has 7 nitrogen and oxygen atoms in total. The number of halogens is 1. The molecule has 0 radical (unpaired) electrons. The zero-order chi connectivity index (χ0) is 20.2. The lowest BCUT2D eigenvalue weighted by atomic mass is 10.2. The molecule has 0 bridgehead atoms. The van der Waals surface area contributed by atoms with Crippen molar-refractivity contribution in [3.63, 3.8) is 0 Å². The maximum atomic E-state index is 12.5. The standard InChI is InChI=1S/C21H18ClN5O2/c1-29-19-3-2-15(22)12-18(19)26-21(28)25-17-6-10-24-20-16(17)7-11-27(20)13-14-4-8-23-9-5-14/h2-12H,13H2,1H3,(H2,24,25,26,28). The van der Waals surface area contributed by atoms with Gasteiger partial charge in [0.2, 0.25) is 0 Å². The third-order valence-corrected chi connectivity index (χ3v) is 4.66. The first-order chi connectivity index (χ1) is 14.1. The topological polar surface area (TPSA) is 81.1 Å². The van der Waals surface area contributed by atoms with Gasteiger partial charge in [0.25, 0.3) is 0 Å². The van der Waals surface area contributed by atoms with Crippen LogP contribution in [-0.4, -0.2) is 27.7 Å². The number of anilines is 2. The number of urea groups is 1. The molecule has 4 rings (SSSR count). The highest BCUT2D eigenvalue weighted by atomic mass is 35.5. The van der Waals surface area contributed by atoms with E-state index in [9.17, 15) is 4.79 Å². The van der Waals surface area contributed by atoms with E-state index in [2.05, 4.69) is 20.6 Å². The predicted octanol–water partition coefficient (Wildman–Crippen LogP) is 4.79. The van der Waals surface area contributed by atoms with Gasteiger partial charge in [-0.2, -0.15) is 0 Å². The van der Waals surface area contributed by atoms with Gasteiger partial charge in [-0.1, -0.05) is 11.6 Å². The van der Waals surface area contributed by atoms with Crippen molar-refractivity contribution in [1.29, 1.82) is 0 Å². The predicted molar refractivity (Wildman–Crippen MR) is 114 cm³/mol. The van der Waals surface area contributed by atoms with Crippen LogP contribution in [0.5, 0.6) is 5.75 Å². The van der Waals surface area contributed by atoms with Gasteiger partial charge in [-0.05, 0) is 48.0 Å². The van der Waals surface area contributed by atoms with E-state index in [1.165, 1.54) is 7.11 Å². The summed E-state index contributed by atoms with van der Waals surface area (Å²) in [6, 6.07) is 12.2. The van der Waals surface area contributed by atoms with Crippen LogP contribution in [0.2, 0.25) is 5.02 Å². The number of aromatic nitrogens is 3. The van der Waals surface area contributed by atoms with Crippen LogP contribution in [0.3, 0.4) is 0 Å². The van der Waals surface area contributed by atoms with Gasteiger partial charge in [-0.25, -0.2) is 9.78 Å². The Kier molecular flexibility index (Phi) is 5.31. The summed E-state index contributed by atoms with van der Waals surface area (Å²) < 4.78 is 7.28. The summed E-state index contributed by atoms with van der Waals surface area (Å²) in [5.41, 5.74) is 3.03. The highest BCUT2D eigenvalue weighted by molar-refractivity contribution is 6.31. The largest absolute Gasteiger partial charge is 0.495 e. The van der Waals surface area contributed by atoms with E-state index >= 15 is 0 Å². The van der Waals surface area contributed by atoms with Crippen LogP contribution in [0.1, 0.15) is 5.56 Å². The molecular formula is C21H18ClN5O2. The molecule has 0 aliphatic heterocycles. The first-order valence-corrected chi connectivity index (χ1v) is 9.26. The zero-order valence-electron chi connectivity index (χ0n) is 15.6. The van der Waals surface area contributed by atoms with Gasteiger partial charge in [0, 0.05) is 41.7 Å². The second kappa shape index (κ2) is 8.20. The van der Waals surface area contributed by atoms with Crippen molar-refractivity contribution < 1.29 is 9.53 Å². The number of carbonyl (C=O) groups excluding carboxylic acids is 1. The van der Waals surface area contributed by atoms with Crippen LogP contribution in [-0.2, 0) is 6.54 Å². The number of pyridine rings is 2. The number of nitrogens with zero attached hydrogens (tertiary/aromatic N) is 3. The SMILES string of the molecule is COc1ccc(Cl)cc1NC(=O)Nc1ccnc2c1ccn2Cc1ccncc1. The van der Waals surface area contributed by atoms with Crippen molar-refractivity contribution >= 4 is 40.0 Å². The Balaban J connectivity index is 1.55. The van der Waals surface area contributed by atoms with Crippen LogP contribution in [0, 0.1) is 0 Å². The summed E-state index contributed by atoms with van der Waals surface area (Å²) in [4.78, 5) is 21.1. The van der Waals surface area contributed by atoms with Crippen LogP contribution in [0.4, 0.5) is 16.2 Å². The first kappa shape index (κ1) is 18.8. The number of hydrogen-bond acceptors (Lipinski definition) is 4. The Bertz CT molecular complexity index is 1160. The lowest BCUT2D eigenvalue weighted by molar-refractivity contribution is 0.262. The molecule has 3 aromatic heterocycles. The molecule has 29 heavy (non-hydrogen) atoms. The molecule has 0 atom stereocenters. The highest BCUT2D eigenvalue weighted by Crippen LogP contribution is 2.28. The summed E-state index contributed by atoms with van der Waals surface area (Å²) in [6.45, 7) is 0.661. The number of benzene rings is 1. The van der Waals surface area contributed by atoms with Gasteiger partial charge in [0.1, 0.15) is 11.4 Å². The maximum absolute atomic E-state index is 12.5. The summed E-state index contributed by atoms with van der Waals surface area (Å²) >= 11 is 6.02. The fraction of sp³-hybridized carbons (Fsp3) is 0.0952. The number of methoxy groups -OCH3 is 1. The average Bonchev–Trinajstić information content (AvgIpc) is 3.13. The smallest absolute Gasteiger partial charge is 0.323 e. The molecule has 0 saturated carbocycles. The number of nitrogens with one attached hydrogen (secondary N) is 2. The van der Waals surface area contributed by atoms with E-state index in [1.54, 1.807) is 42.9 Å². The van der Waals surface area contributed by atoms with Gasteiger partial charge in [0.15, 0.2) is 0 Å².